The van der Waals surface area contributed by atoms with Crippen LogP contribution < -0.4 is 19.1 Å². The molecule has 1 amide bonds. The lowest BCUT2D eigenvalue weighted by molar-refractivity contribution is -0.113. The topological polar surface area (TPSA) is 48.0 Å². The van der Waals surface area contributed by atoms with Crippen LogP contribution in [0.5, 0.6) is 23.0 Å². The smallest absolute Gasteiger partial charge is 0.262 e. The van der Waals surface area contributed by atoms with Crippen molar-refractivity contribution in [1.29, 1.82) is 0 Å². The summed E-state index contributed by atoms with van der Waals surface area (Å²) in [6.45, 7) is 2.55. The van der Waals surface area contributed by atoms with Crippen LogP contribution in [0.25, 0.3) is 11.8 Å². The fourth-order valence-electron chi connectivity index (χ4n) is 4.15. The Hall–Kier alpha value is -4.48. The summed E-state index contributed by atoms with van der Waals surface area (Å²) in [5, 5.41) is 0.635. The maximum absolute atomic E-state index is 13.7. The standard InChI is InChI=1S/C32H26ClNO4/c1-3-37-28-12-4-22(5-13-28)20-24-21-31(23-6-8-25(33)9-7-23)34(32(24)35)26-10-14-29(15-11-26)38-30-18-16-27(36-2)17-19-30/h4-21H,3H2,1-2H3/b24-20+. The first-order valence-corrected chi connectivity index (χ1v) is 12.6. The Morgan fingerprint density at radius 2 is 1.34 bits per heavy atom. The lowest BCUT2D eigenvalue weighted by atomic mass is 10.1. The van der Waals surface area contributed by atoms with E-state index >= 15 is 0 Å². The molecule has 0 saturated heterocycles. The van der Waals surface area contributed by atoms with Crippen molar-refractivity contribution in [3.8, 4) is 23.0 Å². The first-order chi connectivity index (χ1) is 18.5. The van der Waals surface area contributed by atoms with Gasteiger partial charge in [-0.25, -0.2) is 0 Å². The normalized spacial score (nSPS) is 14.0. The number of nitrogens with zero attached hydrogens (tertiary/aromatic N) is 1. The van der Waals surface area contributed by atoms with Gasteiger partial charge in [0.25, 0.3) is 5.91 Å². The zero-order valence-electron chi connectivity index (χ0n) is 21.1. The first-order valence-electron chi connectivity index (χ1n) is 12.2. The van der Waals surface area contributed by atoms with Crippen LogP contribution in [0.15, 0.2) is 109 Å². The third kappa shape index (κ3) is 5.58. The average molecular weight is 524 g/mol. The molecule has 1 aliphatic heterocycles. The number of carbonyl (C=O) groups excluding carboxylic acids is 1. The molecule has 0 unspecified atom stereocenters. The third-order valence-electron chi connectivity index (χ3n) is 6.03. The molecule has 1 heterocycles. The van der Waals surface area contributed by atoms with Crippen LogP contribution in [0.3, 0.4) is 0 Å². The quantitative estimate of drug-likeness (QED) is 0.219. The first kappa shape index (κ1) is 25.2. The summed E-state index contributed by atoms with van der Waals surface area (Å²) in [6.07, 6.45) is 3.79. The molecular formula is C32H26ClNO4. The van der Waals surface area contributed by atoms with Gasteiger partial charge in [-0.3, -0.25) is 9.69 Å². The van der Waals surface area contributed by atoms with Gasteiger partial charge >= 0.3 is 0 Å². The number of amides is 1. The molecule has 6 heteroatoms. The van der Waals surface area contributed by atoms with E-state index in [1.165, 1.54) is 0 Å². The molecule has 4 aromatic rings. The fraction of sp³-hybridized carbons (Fsp3) is 0.0938. The number of ether oxygens (including phenoxy) is 3. The van der Waals surface area contributed by atoms with Gasteiger partial charge in [0.05, 0.1) is 19.4 Å². The second-order valence-corrected chi connectivity index (χ2v) is 8.99. The van der Waals surface area contributed by atoms with Gasteiger partial charge in [-0.1, -0.05) is 35.9 Å². The van der Waals surface area contributed by atoms with Crippen molar-refractivity contribution in [3.05, 3.63) is 125 Å². The minimum atomic E-state index is -0.118. The molecule has 1 aliphatic rings. The zero-order chi connectivity index (χ0) is 26.5. The molecule has 0 radical (unpaired) electrons. The Bertz CT molecular complexity index is 1470. The molecule has 0 aliphatic carbocycles. The SMILES string of the molecule is CCOc1ccc(/C=C2\C=C(c3ccc(Cl)cc3)N(c3ccc(Oc4ccc(OC)cc4)cc3)C2=O)cc1. The lowest BCUT2D eigenvalue weighted by Crippen LogP contribution is -2.24. The number of methoxy groups -OCH3 is 1. The molecule has 38 heavy (non-hydrogen) atoms. The number of anilines is 1. The molecule has 0 bridgehead atoms. The van der Waals surface area contributed by atoms with Gasteiger partial charge in [-0.05, 0) is 103 Å². The van der Waals surface area contributed by atoms with Crippen LogP contribution in [0.2, 0.25) is 5.02 Å². The monoisotopic (exact) mass is 523 g/mol. The van der Waals surface area contributed by atoms with E-state index < -0.39 is 0 Å². The molecule has 0 N–H and O–H groups in total. The Morgan fingerprint density at radius 3 is 1.95 bits per heavy atom. The van der Waals surface area contributed by atoms with Crippen LogP contribution in [0, 0.1) is 0 Å². The van der Waals surface area contributed by atoms with Crippen LogP contribution in [-0.4, -0.2) is 19.6 Å². The minimum Gasteiger partial charge on any atom is -0.497 e. The second-order valence-electron chi connectivity index (χ2n) is 8.55. The van der Waals surface area contributed by atoms with Gasteiger partial charge in [0.1, 0.15) is 23.0 Å². The molecule has 0 aromatic heterocycles. The molecule has 0 atom stereocenters. The number of carbonyl (C=O) groups is 1. The second kappa shape index (κ2) is 11.3. The number of rotatable bonds is 8. The molecule has 4 aromatic carbocycles. The van der Waals surface area contributed by atoms with E-state index in [2.05, 4.69) is 0 Å². The maximum atomic E-state index is 13.7. The van der Waals surface area contributed by atoms with Crippen LogP contribution in [-0.2, 0) is 4.79 Å². The highest BCUT2D eigenvalue weighted by atomic mass is 35.5. The zero-order valence-corrected chi connectivity index (χ0v) is 21.8. The van der Waals surface area contributed by atoms with E-state index in [9.17, 15) is 4.79 Å². The van der Waals surface area contributed by atoms with Crippen molar-refractivity contribution >= 4 is 35.0 Å². The number of hydrogen-bond acceptors (Lipinski definition) is 4. The number of benzene rings is 4. The van der Waals surface area contributed by atoms with Gasteiger partial charge in [-0.15, -0.1) is 0 Å². The van der Waals surface area contributed by atoms with E-state index in [1.807, 2.05) is 116 Å². The molecule has 0 saturated carbocycles. The minimum absolute atomic E-state index is 0.118. The summed E-state index contributed by atoms with van der Waals surface area (Å²) in [4.78, 5) is 15.4. The van der Waals surface area contributed by atoms with Crippen molar-refractivity contribution < 1.29 is 19.0 Å². The summed E-state index contributed by atoms with van der Waals surface area (Å²) >= 11 is 6.13. The van der Waals surface area contributed by atoms with Gasteiger partial charge < -0.3 is 14.2 Å². The third-order valence-corrected chi connectivity index (χ3v) is 6.28. The van der Waals surface area contributed by atoms with Crippen molar-refractivity contribution in [2.75, 3.05) is 18.6 Å². The Kier molecular flexibility index (Phi) is 7.47. The highest BCUT2D eigenvalue weighted by Gasteiger charge is 2.30. The highest BCUT2D eigenvalue weighted by Crippen LogP contribution is 2.37. The van der Waals surface area contributed by atoms with Crippen LogP contribution >= 0.6 is 11.6 Å². The predicted octanol–water partition coefficient (Wildman–Crippen LogP) is 8.01. The van der Waals surface area contributed by atoms with E-state index in [1.54, 1.807) is 12.0 Å². The largest absolute Gasteiger partial charge is 0.497 e. The van der Waals surface area contributed by atoms with E-state index in [0.717, 1.165) is 34.0 Å². The van der Waals surface area contributed by atoms with Crippen molar-refractivity contribution in [2.24, 2.45) is 0 Å². The molecule has 190 valence electrons. The summed E-state index contributed by atoms with van der Waals surface area (Å²) in [5.41, 5.74) is 3.88. The summed E-state index contributed by atoms with van der Waals surface area (Å²) in [7, 11) is 1.62. The van der Waals surface area contributed by atoms with Crippen molar-refractivity contribution in [1.82, 2.24) is 0 Å². The van der Waals surface area contributed by atoms with E-state index in [0.29, 0.717) is 28.7 Å². The lowest BCUT2D eigenvalue weighted by Gasteiger charge is -2.21. The van der Waals surface area contributed by atoms with Gasteiger partial charge in [-0.2, -0.15) is 0 Å². The average Bonchev–Trinajstić information content (AvgIpc) is 3.26. The number of hydrogen-bond donors (Lipinski definition) is 0. The molecule has 5 nitrogen and oxygen atoms in total. The van der Waals surface area contributed by atoms with Gasteiger partial charge in [0.15, 0.2) is 0 Å². The highest BCUT2D eigenvalue weighted by molar-refractivity contribution is 6.30. The molecular weight excluding hydrogens is 498 g/mol. The van der Waals surface area contributed by atoms with Gasteiger partial charge in [0.2, 0.25) is 0 Å². The Labute approximate surface area is 227 Å². The molecule has 5 rings (SSSR count). The maximum Gasteiger partial charge on any atom is 0.262 e. The molecule has 0 fully saturated rings. The van der Waals surface area contributed by atoms with E-state index in [-0.39, 0.29) is 5.91 Å². The summed E-state index contributed by atoms with van der Waals surface area (Å²) in [5.74, 6) is 2.79. The summed E-state index contributed by atoms with van der Waals surface area (Å²) in [6, 6.07) is 30.0. The fourth-order valence-corrected chi connectivity index (χ4v) is 4.28. The van der Waals surface area contributed by atoms with Crippen LogP contribution in [0.4, 0.5) is 5.69 Å². The predicted molar refractivity (Wildman–Crippen MR) is 152 cm³/mol. The van der Waals surface area contributed by atoms with Gasteiger partial charge in [0, 0.05) is 16.3 Å². The number of halogens is 1. The van der Waals surface area contributed by atoms with Crippen molar-refractivity contribution in [2.45, 2.75) is 6.92 Å². The van der Waals surface area contributed by atoms with Crippen LogP contribution in [0.1, 0.15) is 18.1 Å². The Morgan fingerprint density at radius 1 is 0.763 bits per heavy atom. The Balaban J connectivity index is 1.44. The van der Waals surface area contributed by atoms with E-state index in [4.69, 9.17) is 25.8 Å². The van der Waals surface area contributed by atoms with Crippen molar-refractivity contribution in [3.63, 3.8) is 0 Å². The molecule has 0 spiro atoms. The summed E-state index contributed by atoms with van der Waals surface area (Å²) < 4.78 is 16.7.